The number of hydrogen-bond acceptors (Lipinski definition) is 1. The maximum atomic E-state index is 2.63. The van der Waals surface area contributed by atoms with Crippen molar-refractivity contribution in [2.45, 2.75) is 97.9 Å². The highest BCUT2D eigenvalue weighted by atomic mass is 15.2. The maximum Gasteiger partial charge on any atom is 0.0460 e. The van der Waals surface area contributed by atoms with E-state index in [1.54, 1.807) is 0 Å². The van der Waals surface area contributed by atoms with E-state index in [0.29, 0.717) is 0 Å². The molecule has 4 aromatic carbocycles. The summed E-state index contributed by atoms with van der Waals surface area (Å²) >= 11 is 0. The van der Waals surface area contributed by atoms with Crippen LogP contribution in [0.2, 0.25) is 0 Å². The standard InChI is InChI=1S/C39H47N/c1-36(2,3)30-22-21-27(26-17-13-12-14-18-26)25-33(30)40(38(7,8)9)32-24-23-31-34(35(32)37(4,5)6)28-19-15-16-20-29(28)39(31,10)11/h12-25H,1-11H3. The molecule has 0 atom stereocenters. The molecule has 5 rings (SSSR count). The zero-order chi connectivity index (χ0) is 29.3. The van der Waals surface area contributed by atoms with Crippen LogP contribution < -0.4 is 4.90 Å². The Hall–Kier alpha value is -3.32. The topological polar surface area (TPSA) is 3.24 Å². The van der Waals surface area contributed by atoms with Crippen molar-refractivity contribution >= 4 is 11.4 Å². The second kappa shape index (κ2) is 9.37. The Balaban J connectivity index is 1.88. The van der Waals surface area contributed by atoms with Gasteiger partial charge in [0.1, 0.15) is 0 Å². The largest absolute Gasteiger partial charge is 0.336 e. The molecular formula is C39H47N. The molecule has 0 heterocycles. The third-order valence-corrected chi connectivity index (χ3v) is 8.54. The number of rotatable bonds is 3. The molecule has 0 amide bonds. The molecule has 4 aromatic rings. The lowest BCUT2D eigenvalue weighted by Crippen LogP contribution is -2.40. The van der Waals surface area contributed by atoms with Gasteiger partial charge in [-0.15, -0.1) is 0 Å². The second-order valence-electron chi connectivity index (χ2n) is 15.2. The van der Waals surface area contributed by atoms with Gasteiger partial charge < -0.3 is 4.90 Å². The molecule has 0 bridgehead atoms. The molecule has 0 aromatic heterocycles. The summed E-state index contributed by atoms with van der Waals surface area (Å²) in [6.07, 6.45) is 0. The van der Waals surface area contributed by atoms with Crippen molar-refractivity contribution in [1.29, 1.82) is 0 Å². The summed E-state index contributed by atoms with van der Waals surface area (Å²) in [4.78, 5) is 2.63. The van der Waals surface area contributed by atoms with Crippen LogP contribution in [0.4, 0.5) is 11.4 Å². The van der Waals surface area contributed by atoms with Gasteiger partial charge in [0, 0.05) is 22.3 Å². The minimum absolute atomic E-state index is 0.0126. The van der Waals surface area contributed by atoms with E-state index in [4.69, 9.17) is 0 Å². The summed E-state index contributed by atoms with van der Waals surface area (Å²) in [5.74, 6) is 0. The zero-order valence-electron chi connectivity index (χ0n) is 26.5. The summed E-state index contributed by atoms with van der Waals surface area (Å²) in [6, 6.07) is 31.7. The summed E-state index contributed by atoms with van der Waals surface area (Å²) in [7, 11) is 0. The molecule has 1 aliphatic rings. The minimum Gasteiger partial charge on any atom is -0.336 e. The van der Waals surface area contributed by atoms with Crippen molar-refractivity contribution in [3.05, 3.63) is 107 Å². The molecule has 0 fully saturated rings. The first-order chi connectivity index (χ1) is 18.5. The maximum absolute atomic E-state index is 2.63. The lowest BCUT2D eigenvalue weighted by molar-refractivity contribution is 0.532. The molecule has 0 unspecified atom stereocenters. The van der Waals surface area contributed by atoms with Crippen LogP contribution in [0.5, 0.6) is 0 Å². The molecular weight excluding hydrogens is 482 g/mol. The van der Waals surface area contributed by atoms with E-state index in [-0.39, 0.29) is 21.8 Å². The van der Waals surface area contributed by atoms with E-state index in [1.807, 2.05) is 0 Å². The number of nitrogens with zero attached hydrogens (tertiary/aromatic N) is 1. The van der Waals surface area contributed by atoms with Gasteiger partial charge in [0.05, 0.1) is 0 Å². The highest BCUT2D eigenvalue weighted by Crippen LogP contribution is 2.56. The van der Waals surface area contributed by atoms with E-state index in [1.165, 1.54) is 55.9 Å². The van der Waals surface area contributed by atoms with Gasteiger partial charge in [-0.1, -0.05) is 128 Å². The number of fused-ring (bicyclic) bond motifs is 3. The molecule has 0 aliphatic heterocycles. The molecule has 0 radical (unpaired) electrons. The molecule has 0 saturated heterocycles. The summed E-state index contributed by atoms with van der Waals surface area (Å²) in [6.45, 7) is 26.0. The molecule has 1 nitrogen and oxygen atoms in total. The van der Waals surface area contributed by atoms with Crippen molar-refractivity contribution in [3.63, 3.8) is 0 Å². The fraction of sp³-hybridized carbons (Fsp3) is 0.385. The Kier molecular flexibility index (Phi) is 6.61. The average Bonchev–Trinajstić information content (AvgIpc) is 3.09. The normalized spacial score (nSPS) is 14.6. The van der Waals surface area contributed by atoms with Crippen molar-refractivity contribution in [3.8, 4) is 22.3 Å². The van der Waals surface area contributed by atoms with Gasteiger partial charge in [0.2, 0.25) is 0 Å². The van der Waals surface area contributed by atoms with Crippen molar-refractivity contribution in [2.24, 2.45) is 0 Å². The monoisotopic (exact) mass is 529 g/mol. The Labute approximate surface area is 243 Å². The second-order valence-corrected chi connectivity index (χ2v) is 15.2. The van der Waals surface area contributed by atoms with Crippen LogP contribution in [0.3, 0.4) is 0 Å². The van der Waals surface area contributed by atoms with Crippen molar-refractivity contribution in [1.82, 2.24) is 0 Å². The predicted molar refractivity (Wildman–Crippen MR) is 175 cm³/mol. The molecule has 0 N–H and O–H groups in total. The Bertz CT molecular complexity index is 1550. The molecule has 1 aliphatic carbocycles. The Morgan fingerprint density at radius 3 is 1.77 bits per heavy atom. The van der Waals surface area contributed by atoms with Crippen LogP contribution in [-0.2, 0) is 16.2 Å². The first kappa shape index (κ1) is 28.2. The van der Waals surface area contributed by atoms with Crippen LogP contribution in [0.15, 0.2) is 84.9 Å². The van der Waals surface area contributed by atoms with Gasteiger partial charge in [-0.25, -0.2) is 0 Å². The van der Waals surface area contributed by atoms with Crippen molar-refractivity contribution < 1.29 is 0 Å². The molecule has 0 spiro atoms. The summed E-state index contributed by atoms with van der Waals surface area (Å²) < 4.78 is 0. The lowest BCUT2D eigenvalue weighted by Gasteiger charge is -2.44. The predicted octanol–water partition coefficient (Wildman–Crippen LogP) is 11.2. The van der Waals surface area contributed by atoms with E-state index in [0.717, 1.165) is 0 Å². The smallest absolute Gasteiger partial charge is 0.0460 e. The Morgan fingerprint density at radius 1 is 0.550 bits per heavy atom. The lowest BCUT2D eigenvalue weighted by atomic mass is 9.76. The molecule has 208 valence electrons. The summed E-state index contributed by atoms with van der Waals surface area (Å²) in [5, 5.41) is 0. The first-order valence-corrected chi connectivity index (χ1v) is 14.8. The number of anilines is 2. The van der Waals surface area contributed by atoms with Gasteiger partial charge in [-0.2, -0.15) is 0 Å². The molecule has 0 saturated carbocycles. The van der Waals surface area contributed by atoms with E-state index in [9.17, 15) is 0 Å². The van der Waals surface area contributed by atoms with E-state index in [2.05, 4.69) is 166 Å². The van der Waals surface area contributed by atoms with Gasteiger partial charge in [-0.05, 0) is 88.2 Å². The van der Waals surface area contributed by atoms with E-state index >= 15 is 0 Å². The van der Waals surface area contributed by atoms with Gasteiger partial charge in [0.25, 0.3) is 0 Å². The number of benzene rings is 4. The molecule has 40 heavy (non-hydrogen) atoms. The Morgan fingerprint density at radius 2 is 1.18 bits per heavy atom. The van der Waals surface area contributed by atoms with Crippen LogP contribution in [0.1, 0.15) is 98.4 Å². The fourth-order valence-corrected chi connectivity index (χ4v) is 6.74. The number of hydrogen-bond donors (Lipinski definition) is 0. The summed E-state index contributed by atoms with van der Waals surface area (Å²) in [5.41, 5.74) is 13.3. The highest BCUT2D eigenvalue weighted by molar-refractivity contribution is 5.90. The van der Waals surface area contributed by atoms with Crippen molar-refractivity contribution in [2.75, 3.05) is 4.90 Å². The fourth-order valence-electron chi connectivity index (χ4n) is 6.74. The SMILES string of the molecule is CC(C)(C)c1ccc(-c2ccccc2)cc1N(c1ccc2c(c1C(C)(C)C)-c1ccccc1C2(C)C)C(C)(C)C. The highest BCUT2D eigenvalue weighted by Gasteiger charge is 2.41. The van der Waals surface area contributed by atoms with Gasteiger partial charge in [-0.3, -0.25) is 0 Å². The quantitative estimate of drug-likeness (QED) is 0.255. The van der Waals surface area contributed by atoms with Crippen LogP contribution >= 0.6 is 0 Å². The third kappa shape index (κ3) is 4.68. The van der Waals surface area contributed by atoms with Gasteiger partial charge in [0.15, 0.2) is 0 Å². The van der Waals surface area contributed by atoms with Crippen LogP contribution in [0.25, 0.3) is 22.3 Å². The van der Waals surface area contributed by atoms with Crippen LogP contribution in [-0.4, -0.2) is 5.54 Å². The third-order valence-electron chi connectivity index (χ3n) is 8.54. The first-order valence-electron chi connectivity index (χ1n) is 14.8. The average molecular weight is 530 g/mol. The van der Waals surface area contributed by atoms with Crippen LogP contribution in [0, 0.1) is 0 Å². The van der Waals surface area contributed by atoms with E-state index < -0.39 is 0 Å². The van der Waals surface area contributed by atoms with Gasteiger partial charge >= 0.3 is 0 Å². The zero-order valence-corrected chi connectivity index (χ0v) is 26.5. The minimum atomic E-state index is -0.156. The molecule has 1 heteroatoms.